The summed E-state index contributed by atoms with van der Waals surface area (Å²) < 4.78 is 5.24. The molecule has 2 unspecified atom stereocenters. The number of ether oxygens (including phenoxy) is 1. The lowest BCUT2D eigenvalue weighted by Crippen LogP contribution is -2.19. The van der Waals surface area contributed by atoms with E-state index in [9.17, 15) is 14.9 Å². The van der Waals surface area contributed by atoms with Gasteiger partial charge in [-0.05, 0) is 19.3 Å². The zero-order valence-corrected chi connectivity index (χ0v) is 10.9. The molecule has 2 rings (SSSR count). The Morgan fingerprint density at radius 2 is 2.35 bits per heavy atom. The standard InChI is InChI=1S/C12H15N3O5/c1-20-9-3-2-8(5-9)14-11-10(15(18)19)4-7(6-13-11)12(16)17/h4,6,8-9H,2-3,5H2,1H3,(H,13,14)(H,16,17). The second-order valence-corrected chi connectivity index (χ2v) is 4.67. The molecule has 2 atom stereocenters. The number of rotatable bonds is 5. The van der Waals surface area contributed by atoms with E-state index >= 15 is 0 Å². The average molecular weight is 281 g/mol. The van der Waals surface area contributed by atoms with E-state index in [4.69, 9.17) is 9.84 Å². The molecule has 1 heterocycles. The zero-order valence-electron chi connectivity index (χ0n) is 10.9. The van der Waals surface area contributed by atoms with E-state index in [0.29, 0.717) is 0 Å². The summed E-state index contributed by atoms with van der Waals surface area (Å²) in [7, 11) is 1.63. The van der Waals surface area contributed by atoms with Crippen molar-refractivity contribution in [2.75, 3.05) is 12.4 Å². The zero-order chi connectivity index (χ0) is 14.7. The Morgan fingerprint density at radius 1 is 1.60 bits per heavy atom. The first-order valence-corrected chi connectivity index (χ1v) is 6.18. The van der Waals surface area contributed by atoms with Crippen molar-refractivity contribution in [2.24, 2.45) is 0 Å². The summed E-state index contributed by atoms with van der Waals surface area (Å²) in [5, 5.41) is 22.8. The molecule has 0 radical (unpaired) electrons. The molecule has 0 spiro atoms. The third kappa shape index (κ3) is 3.02. The summed E-state index contributed by atoms with van der Waals surface area (Å²) in [6.07, 6.45) is 3.72. The number of aromatic nitrogens is 1. The lowest BCUT2D eigenvalue weighted by molar-refractivity contribution is -0.384. The maximum atomic E-state index is 11.0. The molecule has 0 amide bonds. The summed E-state index contributed by atoms with van der Waals surface area (Å²) in [5.41, 5.74) is -0.533. The molecule has 8 heteroatoms. The predicted octanol–water partition coefficient (Wildman–Crippen LogP) is 1.67. The summed E-state index contributed by atoms with van der Waals surface area (Å²) in [4.78, 5) is 25.0. The van der Waals surface area contributed by atoms with Crippen molar-refractivity contribution in [3.05, 3.63) is 27.9 Å². The first-order valence-electron chi connectivity index (χ1n) is 6.18. The Balaban J connectivity index is 2.19. The smallest absolute Gasteiger partial charge is 0.337 e. The van der Waals surface area contributed by atoms with Gasteiger partial charge in [0.25, 0.3) is 0 Å². The lowest BCUT2D eigenvalue weighted by Gasteiger charge is -2.13. The number of carboxylic acid groups (broad SMARTS) is 1. The number of pyridine rings is 1. The number of nitro groups is 1. The predicted molar refractivity (Wildman–Crippen MR) is 69.9 cm³/mol. The van der Waals surface area contributed by atoms with Gasteiger partial charge in [-0.3, -0.25) is 10.1 Å². The molecule has 1 aromatic rings. The summed E-state index contributed by atoms with van der Waals surface area (Å²) >= 11 is 0. The van der Waals surface area contributed by atoms with E-state index in [2.05, 4.69) is 10.3 Å². The van der Waals surface area contributed by atoms with Crippen molar-refractivity contribution in [1.29, 1.82) is 0 Å². The van der Waals surface area contributed by atoms with Crippen molar-refractivity contribution in [3.63, 3.8) is 0 Å². The highest BCUT2D eigenvalue weighted by Gasteiger charge is 2.27. The Morgan fingerprint density at radius 3 is 2.90 bits per heavy atom. The summed E-state index contributed by atoms with van der Waals surface area (Å²) in [6, 6.07) is 1.06. The van der Waals surface area contributed by atoms with Crippen LogP contribution in [0.15, 0.2) is 12.3 Å². The van der Waals surface area contributed by atoms with Crippen LogP contribution in [-0.2, 0) is 4.74 Å². The first kappa shape index (κ1) is 14.2. The van der Waals surface area contributed by atoms with Crippen LogP contribution < -0.4 is 5.32 Å². The van der Waals surface area contributed by atoms with Gasteiger partial charge in [0, 0.05) is 25.4 Å². The van der Waals surface area contributed by atoms with Gasteiger partial charge in [0.2, 0.25) is 5.82 Å². The Kier molecular flexibility index (Phi) is 4.14. The van der Waals surface area contributed by atoms with Gasteiger partial charge in [0.1, 0.15) is 0 Å². The van der Waals surface area contributed by atoms with Crippen LogP contribution >= 0.6 is 0 Å². The number of nitrogens with zero attached hydrogens (tertiary/aromatic N) is 2. The van der Waals surface area contributed by atoms with Crippen molar-refractivity contribution in [3.8, 4) is 0 Å². The molecule has 1 aliphatic carbocycles. The fraction of sp³-hybridized carbons (Fsp3) is 0.500. The van der Waals surface area contributed by atoms with E-state index in [1.54, 1.807) is 7.11 Å². The molecule has 1 fully saturated rings. The normalized spacial score (nSPS) is 21.6. The highest BCUT2D eigenvalue weighted by Crippen LogP contribution is 2.28. The maximum absolute atomic E-state index is 11.0. The Bertz CT molecular complexity index is 534. The Labute approximate surface area is 114 Å². The van der Waals surface area contributed by atoms with Gasteiger partial charge in [-0.15, -0.1) is 0 Å². The van der Waals surface area contributed by atoms with Gasteiger partial charge in [0.05, 0.1) is 16.6 Å². The minimum absolute atomic E-state index is 0.0434. The molecule has 1 saturated carbocycles. The third-order valence-electron chi connectivity index (χ3n) is 3.37. The monoisotopic (exact) mass is 281 g/mol. The van der Waals surface area contributed by atoms with Crippen molar-refractivity contribution in [2.45, 2.75) is 31.4 Å². The molecule has 20 heavy (non-hydrogen) atoms. The molecule has 0 bridgehead atoms. The number of anilines is 1. The second kappa shape index (κ2) is 5.83. The fourth-order valence-corrected chi connectivity index (χ4v) is 2.30. The molecule has 0 saturated heterocycles. The topological polar surface area (TPSA) is 115 Å². The van der Waals surface area contributed by atoms with E-state index in [1.165, 1.54) is 0 Å². The van der Waals surface area contributed by atoms with Gasteiger partial charge in [-0.1, -0.05) is 0 Å². The van der Waals surface area contributed by atoms with E-state index < -0.39 is 10.9 Å². The number of methoxy groups -OCH3 is 1. The van der Waals surface area contributed by atoms with Crippen molar-refractivity contribution < 1.29 is 19.6 Å². The maximum Gasteiger partial charge on any atom is 0.337 e. The SMILES string of the molecule is COC1CCC(Nc2ncc(C(=O)O)cc2[N+](=O)[O-])C1. The third-order valence-corrected chi connectivity index (χ3v) is 3.37. The van der Waals surface area contributed by atoms with E-state index in [-0.39, 0.29) is 29.2 Å². The van der Waals surface area contributed by atoms with Crippen LogP contribution in [0.1, 0.15) is 29.6 Å². The molecule has 108 valence electrons. The molecular weight excluding hydrogens is 266 g/mol. The van der Waals surface area contributed by atoms with Gasteiger partial charge < -0.3 is 15.2 Å². The van der Waals surface area contributed by atoms with Crippen LogP contribution in [-0.4, -0.2) is 40.2 Å². The van der Waals surface area contributed by atoms with Gasteiger partial charge >= 0.3 is 11.7 Å². The Hall–Kier alpha value is -2.22. The highest BCUT2D eigenvalue weighted by atomic mass is 16.6. The van der Waals surface area contributed by atoms with Crippen molar-refractivity contribution >= 4 is 17.5 Å². The molecule has 2 N–H and O–H groups in total. The number of carbonyl (C=O) groups is 1. The fourth-order valence-electron chi connectivity index (χ4n) is 2.30. The highest BCUT2D eigenvalue weighted by molar-refractivity contribution is 5.88. The number of hydrogen-bond donors (Lipinski definition) is 2. The summed E-state index contributed by atoms with van der Waals surface area (Å²) in [6.45, 7) is 0. The first-order chi connectivity index (χ1) is 9.51. The number of aromatic carboxylic acids is 1. The quantitative estimate of drug-likeness (QED) is 0.623. The minimum Gasteiger partial charge on any atom is -0.478 e. The molecular formula is C12H15N3O5. The van der Waals surface area contributed by atoms with E-state index in [0.717, 1.165) is 31.5 Å². The second-order valence-electron chi connectivity index (χ2n) is 4.67. The molecule has 1 aliphatic rings. The van der Waals surface area contributed by atoms with Gasteiger partial charge in [-0.25, -0.2) is 9.78 Å². The van der Waals surface area contributed by atoms with Gasteiger partial charge in [-0.2, -0.15) is 0 Å². The van der Waals surface area contributed by atoms with Crippen LogP contribution in [0.4, 0.5) is 11.5 Å². The minimum atomic E-state index is -1.24. The largest absolute Gasteiger partial charge is 0.478 e. The lowest BCUT2D eigenvalue weighted by atomic mass is 10.2. The van der Waals surface area contributed by atoms with E-state index in [1.807, 2.05) is 0 Å². The number of nitrogens with one attached hydrogen (secondary N) is 1. The van der Waals surface area contributed by atoms with Crippen molar-refractivity contribution in [1.82, 2.24) is 4.98 Å². The van der Waals surface area contributed by atoms with Gasteiger partial charge in [0.15, 0.2) is 0 Å². The summed E-state index contributed by atoms with van der Waals surface area (Å²) in [5.74, 6) is -1.14. The molecule has 1 aromatic heterocycles. The van der Waals surface area contributed by atoms with Crippen LogP contribution in [0.3, 0.4) is 0 Å². The number of carboxylic acids is 1. The number of hydrogen-bond acceptors (Lipinski definition) is 6. The van der Waals surface area contributed by atoms with Crippen LogP contribution in [0.25, 0.3) is 0 Å². The average Bonchev–Trinajstić information content (AvgIpc) is 2.86. The molecule has 0 aromatic carbocycles. The molecule has 8 nitrogen and oxygen atoms in total. The van der Waals surface area contributed by atoms with Crippen LogP contribution in [0.5, 0.6) is 0 Å². The van der Waals surface area contributed by atoms with Crippen LogP contribution in [0, 0.1) is 10.1 Å². The van der Waals surface area contributed by atoms with Crippen LogP contribution in [0.2, 0.25) is 0 Å². The molecule has 0 aliphatic heterocycles.